The van der Waals surface area contributed by atoms with Crippen molar-refractivity contribution in [3.8, 4) is 0 Å². The van der Waals surface area contributed by atoms with Gasteiger partial charge in [0.25, 0.3) is 0 Å². The third kappa shape index (κ3) is 27.6. The summed E-state index contributed by atoms with van der Waals surface area (Å²) >= 11 is 0. The van der Waals surface area contributed by atoms with Gasteiger partial charge in [-0.2, -0.15) is 0 Å². The molecule has 0 aliphatic carbocycles. The maximum absolute atomic E-state index is 11.7. The molecule has 0 aromatic heterocycles. The molecule has 2 unspecified atom stereocenters. The molecule has 0 aromatic carbocycles. The molecule has 1 rings (SSSR count). The number of hydrogen-bond acceptors (Lipinski definition) is 4. The van der Waals surface area contributed by atoms with E-state index in [9.17, 15) is 4.79 Å². The molecule has 1 aliphatic rings. The number of epoxide rings is 1. The molecule has 34 heavy (non-hydrogen) atoms. The van der Waals surface area contributed by atoms with Gasteiger partial charge >= 0.3 is 5.97 Å². The summed E-state index contributed by atoms with van der Waals surface area (Å²) in [6.45, 7) is 10.4. The number of rotatable bonds is 22. The quantitative estimate of drug-likeness (QED) is 0.0946. The molecule has 1 N–H and O–H groups in total. The smallest absolute Gasteiger partial charge is 0.305 e. The summed E-state index contributed by atoms with van der Waals surface area (Å²) in [4.78, 5) is 11.7. The van der Waals surface area contributed by atoms with Crippen molar-refractivity contribution >= 4 is 5.97 Å². The van der Waals surface area contributed by atoms with E-state index in [0.717, 1.165) is 19.3 Å². The van der Waals surface area contributed by atoms with Crippen LogP contribution in [0.4, 0.5) is 0 Å². The van der Waals surface area contributed by atoms with Crippen LogP contribution in [-0.2, 0) is 14.3 Å². The van der Waals surface area contributed by atoms with Crippen molar-refractivity contribution in [1.29, 1.82) is 0 Å². The van der Waals surface area contributed by atoms with Crippen LogP contribution < -0.4 is 0 Å². The average molecular weight is 485 g/mol. The highest BCUT2D eigenvalue weighted by Gasteiger charge is 2.36. The monoisotopic (exact) mass is 484 g/mol. The van der Waals surface area contributed by atoms with E-state index < -0.39 is 5.60 Å². The Bertz CT molecular complexity index is 438. The van der Waals surface area contributed by atoms with Gasteiger partial charge in [-0.1, -0.05) is 110 Å². The number of aliphatic hydroxyl groups is 1. The van der Waals surface area contributed by atoms with Gasteiger partial charge in [-0.15, -0.1) is 0 Å². The molecule has 1 saturated heterocycles. The van der Waals surface area contributed by atoms with Crippen molar-refractivity contribution in [2.24, 2.45) is 0 Å². The second-order valence-corrected chi connectivity index (χ2v) is 11.2. The minimum Gasteiger partial charge on any atom is -0.466 e. The Balaban J connectivity index is 0.00000196. The SMILES string of the molecule is CC(C)(C)O.CCCCCCCCOC(=O)CCCCCCCC1OC1CCCCCCCC. The predicted octanol–water partition coefficient (Wildman–Crippen LogP) is 8.92. The zero-order valence-electron chi connectivity index (χ0n) is 23.7. The van der Waals surface area contributed by atoms with Crippen LogP contribution in [0.3, 0.4) is 0 Å². The van der Waals surface area contributed by atoms with E-state index in [0.29, 0.717) is 25.2 Å². The van der Waals surface area contributed by atoms with Crippen LogP contribution in [0.1, 0.15) is 163 Å². The molecule has 4 nitrogen and oxygen atoms in total. The lowest BCUT2D eigenvalue weighted by Crippen LogP contribution is -2.10. The van der Waals surface area contributed by atoms with Gasteiger partial charge in [-0.25, -0.2) is 0 Å². The van der Waals surface area contributed by atoms with Gasteiger partial charge in [-0.05, 0) is 46.5 Å². The van der Waals surface area contributed by atoms with Crippen molar-refractivity contribution in [1.82, 2.24) is 0 Å². The molecule has 1 heterocycles. The number of carbonyl (C=O) groups excluding carboxylic acids is 1. The summed E-state index contributed by atoms with van der Waals surface area (Å²) in [6.07, 6.45) is 25.8. The summed E-state index contributed by atoms with van der Waals surface area (Å²) in [5.74, 6) is 0.00229. The molecule has 0 spiro atoms. The highest BCUT2D eigenvalue weighted by molar-refractivity contribution is 5.69. The summed E-state index contributed by atoms with van der Waals surface area (Å²) in [5, 5.41) is 8.52. The lowest BCUT2D eigenvalue weighted by Gasteiger charge is -2.05. The largest absolute Gasteiger partial charge is 0.466 e. The summed E-state index contributed by atoms with van der Waals surface area (Å²) in [6, 6.07) is 0. The molecular weight excluding hydrogens is 424 g/mol. The summed E-state index contributed by atoms with van der Waals surface area (Å²) in [5.41, 5.74) is -0.500. The zero-order chi connectivity index (χ0) is 25.5. The van der Waals surface area contributed by atoms with E-state index in [4.69, 9.17) is 14.6 Å². The normalized spacial score (nSPS) is 17.2. The van der Waals surface area contributed by atoms with Crippen LogP contribution >= 0.6 is 0 Å². The number of carbonyl (C=O) groups is 1. The van der Waals surface area contributed by atoms with Gasteiger partial charge in [-0.3, -0.25) is 4.79 Å². The van der Waals surface area contributed by atoms with Crippen molar-refractivity contribution in [2.75, 3.05) is 6.61 Å². The van der Waals surface area contributed by atoms with Gasteiger partial charge < -0.3 is 14.6 Å². The molecule has 0 aromatic rings. The molecule has 204 valence electrons. The summed E-state index contributed by atoms with van der Waals surface area (Å²) < 4.78 is 11.1. The molecule has 0 saturated carbocycles. The molecule has 0 radical (unpaired) electrons. The minimum atomic E-state index is -0.500. The molecule has 1 aliphatic heterocycles. The van der Waals surface area contributed by atoms with Gasteiger partial charge in [0.15, 0.2) is 0 Å². The van der Waals surface area contributed by atoms with Gasteiger partial charge in [0, 0.05) is 6.42 Å². The fraction of sp³-hybridized carbons (Fsp3) is 0.967. The van der Waals surface area contributed by atoms with E-state index in [2.05, 4.69) is 13.8 Å². The first-order valence-electron chi connectivity index (χ1n) is 14.8. The molecule has 4 heteroatoms. The second-order valence-electron chi connectivity index (χ2n) is 11.2. The first-order chi connectivity index (χ1) is 16.3. The molecule has 2 atom stereocenters. The van der Waals surface area contributed by atoms with Gasteiger partial charge in [0.1, 0.15) is 0 Å². The van der Waals surface area contributed by atoms with E-state index in [1.165, 1.54) is 103 Å². The lowest BCUT2D eigenvalue weighted by molar-refractivity contribution is -0.143. The molecule has 0 amide bonds. The fourth-order valence-corrected chi connectivity index (χ4v) is 4.10. The number of hydrogen-bond donors (Lipinski definition) is 1. The Hall–Kier alpha value is -0.610. The van der Waals surface area contributed by atoms with Crippen LogP contribution in [0.15, 0.2) is 0 Å². The minimum absolute atomic E-state index is 0.00229. The second kappa shape index (κ2) is 22.8. The van der Waals surface area contributed by atoms with E-state index in [-0.39, 0.29) is 5.97 Å². The zero-order valence-corrected chi connectivity index (χ0v) is 23.7. The number of unbranched alkanes of at least 4 members (excludes halogenated alkanes) is 14. The Morgan fingerprint density at radius 3 is 1.53 bits per heavy atom. The highest BCUT2D eigenvalue weighted by atomic mass is 16.6. The highest BCUT2D eigenvalue weighted by Crippen LogP contribution is 2.31. The maximum atomic E-state index is 11.7. The Kier molecular flexibility index (Phi) is 22.4. The van der Waals surface area contributed by atoms with Crippen LogP contribution in [0.25, 0.3) is 0 Å². The number of ether oxygens (including phenoxy) is 2. The van der Waals surface area contributed by atoms with Crippen molar-refractivity contribution in [3.63, 3.8) is 0 Å². The van der Waals surface area contributed by atoms with Crippen LogP contribution in [-0.4, -0.2) is 35.5 Å². The average Bonchev–Trinajstić information content (AvgIpc) is 3.51. The van der Waals surface area contributed by atoms with Crippen molar-refractivity contribution in [2.45, 2.75) is 181 Å². The van der Waals surface area contributed by atoms with Crippen molar-refractivity contribution < 1.29 is 19.4 Å². The van der Waals surface area contributed by atoms with E-state index in [1.807, 2.05) is 0 Å². The Morgan fingerprint density at radius 2 is 1.06 bits per heavy atom. The van der Waals surface area contributed by atoms with Gasteiger partial charge in [0.2, 0.25) is 0 Å². The van der Waals surface area contributed by atoms with E-state index >= 15 is 0 Å². The molecule has 0 bridgehead atoms. The standard InChI is InChI=1S/C26H50O3.C4H10O/c1-3-5-7-9-12-16-20-24-25(29-24)21-17-13-11-14-18-22-26(27)28-23-19-15-10-8-6-4-2;1-4(2,3)5/h24-25H,3-23H2,1-2H3;5H,1-3H3. The van der Waals surface area contributed by atoms with Crippen LogP contribution in [0.5, 0.6) is 0 Å². The lowest BCUT2D eigenvalue weighted by atomic mass is 10.0. The first kappa shape index (κ1) is 33.4. The summed E-state index contributed by atoms with van der Waals surface area (Å²) in [7, 11) is 0. The third-order valence-electron chi connectivity index (χ3n) is 6.16. The van der Waals surface area contributed by atoms with Crippen molar-refractivity contribution in [3.05, 3.63) is 0 Å². The van der Waals surface area contributed by atoms with Gasteiger partial charge in [0.05, 0.1) is 24.4 Å². The maximum Gasteiger partial charge on any atom is 0.305 e. The van der Waals surface area contributed by atoms with Crippen LogP contribution in [0.2, 0.25) is 0 Å². The number of esters is 1. The van der Waals surface area contributed by atoms with E-state index in [1.54, 1.807) is 20.8 Å². The Labute approximate surface area is 213 Å². The molecular formula is C30H60O4. The topological polar surface area (TPSA) is 59.1 Å². The fourth-order valence-electron chi connectivity index (χ4n) is 4.10. The predicted molar refractivity (Wildman–Crippen MR) is 145 cm³/mol. The third-order valence-corrected chi connectivity index (χ3v) is 6.16. The Morgan fingerprint density at radius 1 is 0.676 bits per heavy atom. The first-order valence-corrected chi connectivity index (χ1v) is 14.8. The van der Waals surface area contributed by atoms with Crippen LogP contribution in [0, 0.1) is 0 Å². The molecule has 1 fully saturated rings.